The fourth-order valence-corrected chi connectivity index (χ4v) is 1.97. The van der Waals surface area contributed by atoms with Crippen LogP contribution < -0.4 is 10.7 Å². The van der Waals surface area contributed by atoms with E-state index in [0.717, 1.165) is 0 Å². The van der Waals surface area contributed by atoms with Gasteiger partial charge in [-0.05, 0) is 23.8 Å². The Kier molecular flexibility index (Phi) is 3.79. The van der Waals surface area contributed by atoms with Crippen LogP contribution in [-0.4, -0.2) is 17.0 Å². The summed E-state index contributed by atoms with van der Waals surface area (Å²) in [5.41, 5.74) is 1.65. The second-order valence-electron chi connectivity index (χ2n) is 4.43. The molecule has 0 aromatic rings. The SMILES string of the molecule is CC(=O)Nc1ccc2ccc(CC(=O)O)c(=O)c-2cc1. The molecule has 0 fully saturated rings. The van der Waals surface area contributed by atoms with Gasteiger partial charge in [0, 0.05) is 23.7 Å². The van der Waals surface area contributed by atoms with E-state index in [-0.39, 0.29) is 23.3 Å². The lowest BCUT2D eigenvalue weighted by atomic mass is 10.0. The van der Waals surface area contributed by atoms with Crippen molar-refractivity contribution in [2.75, 3.05) is 5.32 Å². The highest BCUT2D eigenvalue weighted by Gasteiger charge is 2.11. The summed E-state index contributed by atoms with van der Waals surface area (Å²) in [6, 6.07) is 9.85. The van der Waals surface area contributed by atoms with Crippen LogP contribution in [0.15, 0.2) is 41.2 Å². The highest BCUT2D eigenvalue weighted by Crippen LogP contribution is 2.20. The molecule has 0 radical (unpaired) electrons. The Balaban J connectivity index is 2.54. The molecule has 5 heteroatoms. The number of fused-ring (bicyclic) bond motifs is 1. The molecule has 0 unspecified atom stereocenters. The molecule has 0 saturated carbocycles. The van der Waals surface area contributed by atoms with Crippen molar-refractivity contribution in [1.29, 1.82) is 0 Å². The Labute approximate surface area is 115 Å². The smallest absolute Gasteiger partial charge is 0.307 e. The number of carbonyl (C=O) groups is 2. The number of carboxylic acid groups (broad SMARTS) is 1. The largest absolute Gasteiger partial charge is 0.481 e. The number of aliphatic carboxylic acids is 1. The van der Waals surface area contributed by atoms with E-state index in [9.17, 15) is 14.4 Å². The quantitative estimate of drug-likeness (QED) is 0.890. The minimum atomic E-state index is -1.04. The Morgan fingerprint density at radius 3 is 2.40 bits per heavy atom. The maximum absolute atomic E-state index is 12.2. The maximum Gasteiger partial charge on any atom is 0.307 e. The summed E-state index contributed by atoms with van der Waals surface area (Å²) in [4.78, 5) is 33.9. The minimum Gasteiger partial charge on any atom is -0.481 e. The molecule has 2 N–H and O–H groups in total. The van der Waals surface area contributed by atoms with Gasteiger partial charge >= 0.3 is 5.97 Å². The van der Waals surface area contributed by atoms with Gasteiger partial charge in [0.2, 0.25) is 5.91 Å². The molecule has 0 spiro atoms. The molecule has 1 amide bonds. The van der Waals surface area contributed by atoms with Crippen molar-refractivity contribution in [3.8, 4) is 11.1 Å². The molecule has 2 aliphatic carbocycles. The van der Waals surface area contributed by atoms with Crippen LogP contribution >= 0.6 is 0 Å². The molecular formula is C15H13NO4. The highest BCUT2D eigenvalue weighted by atomic mass is 16.4. The zero-order chi connectivity index (χ0) is 14.7. The summed E-state index contributed by atoms with van der Waals surface area (Å²) in [5.74, 6) is -1.24. The number of rotatable bonds is 3. The molecule has 0 heterocycles. The van der Waals surface area contributed by atoms with Gasteiger partial charge in [-0.15, -0.1) is 0 Å². The van der Waals surface area contributed by atoms with Gasteiger partial charge in [0.05, 0.1) is 6.42 Å². The first-order valence-electron chi connectivity index (χ1n) is 6.03. The fourth-order valence-electron chi connectivity index (χ4n) is 1.97. The Hall–Kier alpha value is -2.69. The second-order valence-corrected chi connectivity index (χ2v) is 4.43. The van der Waals surface area contributed by atoms with E-state index in [2.05, 4.69) is 5.32 Å². The lowest BCUT2D eigenvalue weighted by Crippen LogP contribution is -2.14. The molecule has 0 atom stereocenters. The molecule has 5 nitrogen and oxygen atoms in total. The minimum absolute atomic E-state index is 0.200. The van der Waals surface area contributed by atoms with Crippen LogP contribution in [0, 0.1) is 0 Å². The monoisotopic (exact) mass is 271 g/mol. The number of carbonyl (C=O) groups excluding carboxylic acids is 1. The fraction of sp³-hybridized carbons (Fsp3) is 0.133. The first-order chi connectivity index (χ1) is 9.47. The van der Waals surface area contributed by atoms with Gasteiger partial charge in [0.1, 0.15) is 0 Å². The van der Waals surface area contributed by atoms with Gasteiger partial charge in [-0.3, -0.25) is 14.4 Å². The first-order valence-corrected chi connectivity index (χ1v) is 6.03. The number of benzene rings is 1. The molecular weight excluding hydrogens is 258 g/mol. The van der Waals surface area contributed by atoms with Crippen LogP contribution in [0.3, 0.4) is 0 Å². The lowest BCUT2D eigenvalue weighted by molar-refractivity contribution is -0.136. The second kappa shape index (κ2) is 5.52. The number of anilines is 1. The maximum atomic E-state index is 12.2. The summed E-state index contributed by atoms with van der Waals surface area (Å²) in [6.45, 7) is 1.40. The summed E-state index contributed by atoms with van der Waals surface area (Å²) >= 11 is 0. The number of hydrogen-bond acceptors (Lipinski definition) is 3. The molecule has 102 valence electrons. The van der Waals surface area contributed by atoms with Crippen molar-refractivity contribution < 1.29 is 14.7 Å². The van der Waals surface area contributed by atoms with E-state index in [1.165, 1.54) is 13.0 Å². The van der Waals surface area contributed by atoms with E-state index in [4.69, 9.17) is 5.11 Å². The summed E-state index contributed by atoms with van der Waals surface area (Å²) < 4.78 is 0. The van der Waals surface area contributed by atoms with Crippen molar-refractivity contribution in [2.45, 2.75) is 13.3 Å². The average Bonchev–Trinajstić information content (AvgIpc) is 2.55. The van der Waals surface area contributed by atoms with Crippen LogP contribution in [-0.2, 0) is 16.0 Å². The van der Waals surface area contributed by atoms with E-state index < -0.39 is 5.97 Å². The van der Waals surface area contributed by atoms with Crippen molar-refractivity contribution in [3.63, 3.8) is 0 Å². The molecule has 20 heavy (non-hydrogen) atoms. The number of hydrogen-bond donors (Lipinski definition) is 2. The van der Waals surface area contributed by atoms with Crippen LogP contribution in [0.25, 0.3) is 11.1 Å². The van der Waals surface area contributed by atoms with Crippen molar-refractivity contribution in [2.24, 2.45) is 0 Å². The summed E-state index contributed by atoms with van der Waals surface area (Å²) in [5, 5.41) is 11.4. The number of nitrogens with one attached hydrogen (secondary N) is 1. The van der Waals surface area contributed by atoms with Gasteiger partial charge < -0.3 is 10.4 Å². The Morgan fingerprint density at radius 1 is 1.10 bits per heavy atom. The molecule has 0 aromatic heterocycles. The van der Waals surface area contributed by atoms with E-state index in [0.29, 0.717) is 16.8 Å². The molecule has 2 rings (SSSR count). The van der Waals surface area contributed by atoms with Gasteiger partial charge in [-0.25, -0.2) is 0 Å². The topological polar surface area (TPSA) is 83.5 Å². The van der Waals surface area contributed by atoms with Gasteiger partial charge in [-0.2, -0.15) is 0 Å². The highest BCUT2D eigenvalue weighted by molar-refractivity contribution is 5.89. The first kappa shape index (κ1) is 13.7. The lowest BCUT2D eigenvalue weighted by Gasteiger charge is -2.02. The number of amides is 1. The summed E-state index contributed by atoms with van der Waals surface area (Å²) in [6.07, 6.45) is -0.300. The molecule has 0 aromatic carbocycles. The standard InChI is InChI=1S/C15H13NO4/c1-9(17)16-12-5-4-10-2-3-11(8-14(18)19)15(20)13(10)7-6-12/h2-7H,8H2,1H3,(H,16,17)(H,18,19). The third kappa shape index (κ3) is 3.00. The van der Waals surface area contributed by atoms with Crippen molar-refractivity contribution in [1.82, 2.24) is 0 Å². The normalized spacial score (nSPS) is 10.2. The van der Waals surface area contributed by atoms with Gasteiger partial charge in [-0.1, -0.05) is 18.2 Å². The van der Waals surface area contributed by atoms with Crippen molar-refractivity contribution >= 4 is 17.6 Å². The van der Waals surface area contributed by atoms with E-state index in [1.807, 2.05) is 0 Å². The van der Waals surface area contributed by atoms with Crippen LogP contribution in [0.2, 0.25) is 0 Å². The Bertz CT molecular complexity index is 709. The third-order valence-corrected chi connectivity index (χ3v) is 2.85. The molecule has 2 aliphatic rings. The van der Waals surface area contributed by atoms with Gasteiger partial charge in [0.25, 0.3) is 0 Å². The predicted octanol–water partition coefficient (Wildman–Crippen LogP) is 1.74. The number of carboxylic acids is 1. The van der Waals surface area contributed by atoms with Gasteiger partial charge in [0.15, 0.2) is 5.43 Å². The average molecular weight is 271 g/mol. The van der Waals surface area contributed by atoms with Crippen LogP contribution in [0.5, 0.6) is 0 Å². The Morgan fingerprint density at radius 2 is 1.75 bits per heavy atom. The van der Waals surface area contributed by atoms with Crippen LogP contribution in [0.1, 0.15) is 12.5 Å². The van der Waals surface area contributed by atoms with E-state index >= 15 is 0 Å². The zero-order valence-corrected chi connectivity index (χ0v) is 10.8. The molecule has 0 bridgehead atoms. The molecule has 0 saturated heterocycles. The zero-order valence-electron chi connectivity index (χ0n) is 10.8. The van der Waals surface area contributed by atoms with Crippen molar-refractivity contribution in [3.05, 3.63) is 52.2 Å². The summed E-state index contributed by atoms with van der Waals surface area (Å²) in [7, 11) is 0. The predicted molar refractivity (Wildman–Crippen MR) is 75.0 cm³/mol. The third-order valence-electron chi connectivity index (χ3n) is 2.85. The molecule has 0 aliphatic heterocycles. The van der Waals surface area contributed by atoms with E-state index in [1.54, 1.807) is 30.3 Å². The van der Waals surface area contributed by atoms with Crippen LogP contribution in [0.4, 0.5) is 5.69 Å².